The molecule has 6 nitrogen and oxygen atoms in total. The van der Waals surface area contributed by atoms with E-state index in [0.29, 0.717) is 10.8 Å². The van der Waals surface area contributed by atoms with E-state index in [1.165, 1.54) is 0 Å². The number of phenols is 2. The number of carbonyl (C=O) groups is 2. The minimum Gasteiger partial charge on any atom is -0.507 e. The van der Waals surface area contributed by atoms with E-state index in [1.807, 2.05) is 37.3 Å². The molecule has 0 saturated carbocycles. The molecule has 6 heteroatoms. The first kappa shape index (κ1) is 18.3. The van der Waals surface area contributed by atoms with Gasteiger partial charge in [-0.2, -0.15) is 0 Å². The van der Waals surface area contributed by atoms with Crippen LogP contribution in [-0.2, 0) is 9.53 Å². The Morgan fingerprint density at radius 1 is 1.00 bits per heavy atom. The van der Waals surface area contributed by atoms with Crippen molar-refractivity contribution in [2.24, 2.45) is 0 Å². The smallest absolute Gasteiger partial charge is 0.342 e. The Bertz CT molecular complexity index is 985. The maximum atomic E-state index is 12.2. The molecule has 0 aliphatic heterocycles. The average Bonchev–Trinajstić information content (AvgIpc) is 2.69. The standard InChI is InChI=1S/C21H19NO5/c1-13(14-7-3-2-4-8-14)22-19(24)12-27-21(26)17-11-18(23)15-9-5-6-10-16(15)20(17)25/h2-11,13,23,25H,12H2,1H3,(H,22,24)/t13-/m0/s1. The number of ether oxygens (including phenoxy) is 1. The minimum atomic E-state index is -0.893. The summed E-state index contributed by atoms with van der Waals surface area (Å²) < 4.78 is 4.99. The third-order valence-corrected chi connectivity index (χ3v) is 4.23. The molecule has 0 radical (unpaired) electrons. The van der Waals surface area contributed by atoms with Crippen LogP contribution in [0.3, 0.4) is 0 Å². The van der Waals surface area contributed by atoms with Crippen LogP contribution in [0.15, 0.2) is 60.7 Å². The van der Waals surface area contributed by atoms with Crippen molar-refractivity contribution in [1.82, 2.24) is 5.32 Å². The summed E-state index contributed by atoms with van der Waals surface area (Å²) in [5.74, 6) is -1.82. The van der Waals surface area contributed by atoms with Crippen molar-refractivity contribution in [2.45, 2.75) is 13.0 Å². The van der Waals surface area contributed by atoms with Gasteiger partial charge in [-0.15, -0.1) is 0 Å². The topological polar surface area (TPSA) is 95.9 Å². The van der Waals surface area contributed by atoms with Crippen molar-refractivity contribution in [3.63, 3.8) is 0 Å². The van der Waals surface area contributed by atoms with Crippen LogP contribution in [0.1, 0.15) is 28.9 Å². The van der Waals surface area contributed by atoms with Crippen LogP contribution >= 0.6 is 0 Å². The summed E-state index contributed by atoms with van der Waals surface area (Å²) in [5.41, 5.74) is 0.726. The van der Waals surface area contributed by atoms with E-state index in [-0.39, 0.29) is 23.1 Å². The van der Waals surface area contributed by atoms with Crippen molar-refractivity contribution < 1.29 is 24.5 Å². The summed E-state index contributed by atoms with van der Waals surface area (Å²) in [4.78, 5) is 24.3. The quantitative estimate of drug-likeness (QED) is 0.476. The number of esters is 1. The number of benzene rings is 3. The molecule has 0 spiro atoms. The Kier molecular flexibility index (Phi) is 5.26. The summed E-state index contributed by atoms with van der Waals surface area (Å²) in [6.45, 7) is 1.32. The average molecular weight is 365 g/mol. The Balaban J connectivity index is 1.67. The van der Waals surface area contributed by atoms with E-state index in [0.717, 1.165) is 11.6 Å². The zero-order chi connectivity index (χ0) is 19.4. The lowest BCUT2D eigenvalue weighted by molar-refractivity contribution is -0.124. The number of hydrogen-bond donors (Lipinski definition) is 3. The van der Waals surface area contributed by atoms with Gasteiger partial charge >= 0.3 is 5.97 Å². The molecule has 0 saturated heterocycles. The summed E-state index contributed by atoms with van der Waals surface area (Å²) >= 11 is 0. The van der Waals surface area contributed by atoms with Crippen molar-refractivity contribution in [3.05, 3.63) is 71.8 Å². The number of aromatic hydroxyl groups is 2. The maximum absolute atomic E-state index is 12.2. The molecule has 138 valence electrons. The van der Waals surface area contributed by atoms with Crippen LogP contribution in [0.5, 0.6) is 11.5 Å². The van der Waals surface area contributed by atoms with Crippen molar-refractivity contribution in [3.8, 4) is 11.5 Å². The fraction of sp³-hybridized carbons (Fsp3) is 0.143. The summed E-state index contributed by atoms with van der Waals surface area (Å²) in [6, 6.07) is 16.9. The van der Waals surface area contributed by atoms with Crippen molar-refractivity contribution in [2.75, 3.05) is 6.61 Å². The Morgan fingerprint density at radius 3 is 2.33 bits per heavy atom. The van der Waals surface area contributed by atoms with E-state index < -0.39 is 18.5 Å². The third kappa shape index (κ3) is 4.00. The zero-order valence-corrected chi connectivity index (χ0v) is 14.7. The molecule has 0 fully saturated rings. The third-order valence-electron chi connectivity index (χ3n) is 4.23. The molecular formula is C21H19NO5. The SMILES string of the molecule is C[C@H](NC(=O)COC(=O)c1cc(O)c2ccccc2c1O)c1ccccc1. The number of amides is 1. The molecule has 3 aromatic rings. The highest BCUT2D eigenvalue weighted by Crippen LogP contribution is 2.35. The first-order valence-electron chi connectivity index (χ1n) is 8.42. The van der Waals surface area contributed by atoms with E-state index in [9.17, 15) is 19.8 Å². The van der Waals surface area contributed by atoms with E-state index in [2.05, 4.69) is 5.32 Å². The second-order valence-corrected chi connectivity index (χ2v) is 6.11. The van der Waals surface area contributed by atoms with Crippen molar-refractivity contribution >= 4 is 22.6 Å². The molecule has 3 N–H and O–H groups in total. The van der Waals surface area contributed by atoms with Gasteiger partial charge in [0.1, 0.15) is 17.1 Å². The van der Waals surface area contributed by atoms with E-state index in [1.54, 1.807) is 24.3 Å². The van der Waals surface area contributed by atoms with Gasteiger partial charge in [-0.1, -0.05) is 54.6 Å². The number of carbonyl (C=O) groups excluding carboxylic acids is 2. The van der Waals surface area contributed by atoms with Gasteiger partial charge in [-0.3, -0.25) is 4.79 Å². The highest BCUT2D eigenvalue weighted by atomic mass is 16.5. The highest BCUT2D eigenvalue weighted by Gasteiger charge is 2.19. The van der Waals surface area contributed by atoms with Crippen LogP contribution in [0, 0.1) is 0 Å². The van der Waals surface area contributed by atoms with Gasteiger partial charge in [0.15, 0.2) is 6.61 Å². The molecule has 0 unspecified atom stereocenters. The lowest BCUT2D eigenvalue weighted by Crippen LogP contribution is -2.31. The van der Waals surface area contributed by atoms with E-state index >= 15 is 0 Å². The van der Waals surface area contributed by atoms with Gasteiger partial charge in [0, 0.05) is 10.8 Å². The van der Waals surface area contributed by atoms with Crippen molar-refractivity contribution in [1.29, 1.82) is 0 Å². The second kappa shape index (κ2) is 7.78. The molecule has 3 aromatic carbocycles. The molecule has 0 aliphatic rings. The Labute approximate surface area is 156 Å². The molecule has 0 bridgehead atoms. The van der Waals surface area contributed by atoms with Crippen LogP contribution in [0.2, 0.25) is 0 Å². The molecular weight excluding hydrogens is 346 g/mol. The normalized spacial score (nSPS) is 11.7. The van der Waals surface area contributed by atoms with Gasteiger partial charge < -0.3 is 20.3 Å². The van der Waals surface area contributed by atoms with Gasteiger partial charge in [-0.05, 0) is 18.6 Å². The Hall–Kier alpha value is -3.54. The summed E-state index contributed by atoms with van der Waals surface area (Å²) in [6.07, 6.45) is 0. The fourth-order valence-electron chi connectivity index (χ4n) is 2.81. The number of phenolic OH excluding ortho intramolecular Hbond substituents is 2. The van der Waals surface area contributed by atoms with Gasteiger partial charge in [0.05, 0.1) is 6.04 Å². The fourth-order valence-corrected chi connectivity index (χ4v) is 2.81. The summed E-state index contributed by atoms with van der Waals surface area (Å²) in [7, 11) is 0. The minimum absolute atomic E-state index is 0.155. The monoisotopic (exact) mass is 365 g/mol. The molecule has 1 amide bonds. The van der Waals surface area contributed by atoms with Gasteiger partial charge in [0.25, 0.3) is 5.91 Å². The van der Waals surface area contributed by atoms with Gasteiger partial charge in [0.2, 0.25) is 0 Å². The predicted octanol–water partition coefficient (Wildman–Crippen LogP) is 3.29. The lowest BCUT2D eigenvalue weighted by atomic mass is 10.0. The largest absolute Gasteiger partial charge is 0.507 e. The molecule has 1 atom stereocenters. The molecule has 0 aromatic heterocycles. The summed E-state index contributed by atoms with van der Waals surface area (Å²) in [5, 5.41) is 23.8. The van der Waals surface area contributed by atoms with Crippen LogP contribution < -0.4 is 5.32 Å². The molecule has 0 aliphatic carbocycles. The van der Waals surface area contributed by atoms with Crippen LogP contribution in [0.25, 0.3) is 10.8 Å². The molecule has 0 heterocycles. The highest BCUT2D eigenvalue weighted by molar-refractivity contribution is 6.04. The number of fused-ring (bicyclic) bond motifs is 1. The van der Waals surface area contributed by atoms with Gasteiger partial charge in [-0.25, -0.2) is 4.79 Å². The second-order valence-electron chi connectivity index (χ2n) is 6.11. The number of hydrogen-bond acceptors (Lipinski definition) is 5. The molecule has 27 heavy (non-hydrogen) atoms. The first-order valence-corrected chi connectivity index (χ1v) is 8.42. The first-order chi connectivity index (χ1) is 13.0. The lowest BCUT2D eigenvalue weighted by Gasteiger charge is -2.14. The van der Waals surface area contributed by atoms with Crippen LogP contribution in [0.4, 0.5) is 0 Å². The Morgan fingerprint density at radius 2 is 1.63 bits per heavy atom. The number of rotatable bonds is 5. The van der Waals surface area contributed by atoms with E-state index in [4.69, 9.17) is 4.74 Å². The zero-order valence-electron chi connectivity index (χ0n) is 14.7. The molecule has 3 rings (SSSR count). The van der Waals surface area contributed by atoms with Crippen LogP contribution in [-0.4, -0.2) is 28.7 Å². The maximum Gasteiger partial charge on any atom is 0.342 e. The predicted molar refractivity (Wildman–Crippen MR) is 101 cm³/mol. The number of nitrogens with one attached hydrogen (secondary N) is 1.